The fourth-order valence-electron chi connectivity index (χ4n) is 1.89. The van der Waals surface area contributed by atoms with Crippen LogP contribution in [-0.4, -0.2) is 35.0 Å². The van der Waals surface area contributed by atoms with Crippen molar-refractivity contribution in [2.45, 2.75) is 33.1 Å². The molecular formula is C16H23NO3. The summed E-state index contributed by atoms with van der Waals surface area (Å²) >= 11 is 0. The van der Waals surface area contributed by atoms with Crippen molar-refractivity contribution in [1.29, 1.82) is 0 Å². The van der Waals surface area contributed by atoms with E-state index in [9.17, 15) is 9.59 Å². The molecule has 1 aromatic carbocycles. The lowest BCUT2D eigenvalue weighted by Gasteiger charge is -2.23. The zero-order valence-corrected chi connectivity index (χ0v) is 12.2. The van der Waals surface area contributed by atoms with Crippen LogP contribution in [0.1, 0.15) is 32.3 Å². The number of carbonyl (C=O) groups is 2. The second kappa shape index (κ2) is 8.35. The molecule has 1 aromatic rings. The molecule has 1 amide bonds. The fourth-order valence-corrected chi connectivity index (χ4v) is 1.89. The maximum absolute atomic E-state index is 12.3. The van der Waals surface area contributed by atoms with Crippen molar-refractivity contribution in [1.82, 2.24) is 4.90 Å². The molecule has 0 aliphatic heterocycles. The first kappa shape index (κ1) is 16.2. The number of hydrogen-bond acceptors (Lipinski definition) is 2. The Kier molecular flexibility index (Phi) is 6.77. The number of carbonyl (C=O) groups excluding carboxylic acids is 1. The molecule has 4 nitrogen and oxygen atoms in total. The Labute approximate surface area is 120 Å². The molecule has 0 aromatic heterocycles. The monoisotopic (exact) mass is 277 g/mol. The van der Waals surface area contributed by atoms with E-state index in [0.717, 1.165) is 12.0 Å². The van der Waals surface area contributed by atoms with Crippen molar-refractivity contribution >= 4 is 11.9 Å². The highest BCUT2D eigenvalue weighted by molar-refractivity contribution is 5.79. The SMILES string of the molecule is CC(C)CCN(CCC(=O)O)C(=O)Cc1ccccc1. The number of nitrogens with zero attached hydrogens (tertiary/aromatic N) is 1. The first-order valence-electron chi connectivity index (χ1n) is 7.02. The van der Waals surface area contributed by atoms with Crippen LogP contribution in [0.2, 0.25) is 0 Å². The molecule has 0 saturated carbocycles. The summed E-state index contributed by atoms with van der Waals surface area (Å²) in [5.41, 5.74) is 0.961. The van der Waals surface area contributed by atoms with Crippen molar-refractivity contribution in [3.8, 4) is 0 Å². The lowest BCUT2D eigenvalue weighted by Crippen LogP contribution is -2.35. The standard InChI is InChI=1S/C16H23NO3/c1-13(2)8-10-17(11-9-16(19)20)15(18)12-14-6-4-3-5-7-14/h3-7,13H,8-12H2,1-2H3,(H,19,20). The van der Waals surface area contributed by atoms with E-state index in [0.29, 0.717) is 18.9 Å². The maximum Gasteiger partial charge on any atom is 0.305 e. The van der Waals surface area contributed by atoms with Gasteiger partial charge in [0.25, 0.3) is 0 Å². The third-order valence-corrected chi connectivity index (χ3v) is 3.12. The van der Waals surface area contributed by atoms with Crippen LogP contribution in [0.25, 0.3) is 0 Å². The van der Waals surface area contributed by atoms with Gasteiger partial charge in [-0.2, -0.15) is 0 Å². The van der Waals surface area contributed by atoms with E-state index in [1.807, 2.05) is 30.3 Å². The van der Waals surface area contributed by atoms with Gasteiger partial charge in [0.1, 0.15) is 0 Å². The quantitative estimate of drug-likeness (QED) is 0.794. The van der Waals surface area contributed by atoms with Crippen molar-refractivity contribution in [3.63, 3.8) is 0 Å². The third kappa shape index (κ3) is 6.36. The zero-order chi connectivity index (χ0) is 15.0. The summed E-state index contributed by atoms with van der Waals surface area (Å²) in [6.07, 6.45) is 1.22. The summed E-state index contributed by atoms with van der Waals surface area (Å²) in [7, 11) is 0. The van der Waals surface area contributed by atoms with Gasteiger partial charge in [-0.3, -0.25) is 9.59 Å². The minimum absolute atomic E-state index is 0.00136. The molecule has 0 aliphatic rings. The van der Waals surface area contributed by atoms with Crippen LogP contribution < -0.4 is 0 Å². The maximum atomic E-state index is 12.3. The van der Waals surface area contributed by atoms with E-state index < -0.39 is 5.97 Å². The van der Waals surface area contributed by atoms with Gasteiger partial charge in [-0.25, -0.2) is 0 Å². The molecule has 0 spiro atoms. The van der Waals surface area contributed by atoms with Crippen molar-refractivity contribution in [2.24, 2.45) is 5.92 Å². The summed E-state index contributed by atoms with van der Waals surface area (Å²) in [5, 5.41) is 8.77. The Morgan fingerprint density at radius 1 is 1.15 bits per heavy atom. The van der Waals surface area contributed by atoms with Crippen molar-refractivity contribution < 1.29 is 14.7 Å². The minimum Gasteiger partial charge on any atom is -0.481 e. The smallest absolute Gasteiger partial charge is 0.305 e. The number of rotatable bonds is 8. The average Bonchev–Trinajstić information content (AvgIpc) is 2.39. The fraction of sp³-hybridized carbons (Fsp3) is 0.500. The van der Waals surface area contributed by atoms with Crippen LogP contribution in [0, 0.1) is 5.92 Å². The van der Waals surface area contributed by atoms with Crippen LogP contribution >= 0.6 is 0 Å². The van der Waals surface area contributed by atoms with Gasteiger partial charge in [-0.05, 0) is 17.9 Å². The molecule has 0 bridgehead atoms. The van der Waals surface area contributed by atoms with Crippen LogP contribution in [0.15, 0.2) is 30.3 Å². The van der Waals surface area contributed by atoms with Gasteiger partial charge in [0.15, 0.2) is 0 Å². The van der Waals surface area contributed by atoms with Crippen molar-refractivity contribution in [2.75, 3.05) is 13.1 Å². The average molecular weight is 277 g/mol. The molecule has 0 radical (unpaired) electrons. The molecule has 0 aliphatic carbocycles. The second-order valence-corrected chi connectivity index (χ2v) is 5.37. The van der Waals surface area contributed by atoms with E-state index in [4.69, 9.17) is 5.11 Å². The predicted molar refractivity (Wildman–Crippen MR) is 78.4 cm³/mol. The number of aliphatic carboxylic acids is 1. The third-order valence-electron chi connectivity index (χ3n) is 3.12. The lowest BCUT2D eigenvalue weighted by molar-refractivity contribution is -0.138. The van der Waals surface area contributed by atoms with E-state index in [-0.39, 0.29) is 18.9 Å². The van der Waals surface area contributed by atoms with Gasteiger partial charge in [0, 0.05) is 13.1 Å². The predicted octanol–water partition coefficient (Wildman–Crippen LogP) is 2.58. The largest absolute Gasteiger partial charge is 0.481 e. The molecule has 0 atom stereocenters. The number of amides is 1. The Bertz CT molecular complexity index is 429. The minimum atomic E-state index is -0.868. The van der Waals surface area contributed by atoms with E-state index >= 15 is 0 Å². The first-order chi connectivity index (χ1) is 9.49. The summed E-state index contributed by atoms with van der Waals surface area (Å²) in [6, 6.07) is 9.54. The lowest BCUT2D eigenvalue weighted by atomic mass is 10.1. The van der Waals surface area contributed by atoms with Gasteiger partial charge in [0.2, 0.25) is 5.91 Å². The summed E-state index contributed by atoms with van der Waals surface area (Å²) < 4.78 is 0. The number of carboxylic acids is 1. The van der Waals surface area contributed by atoms with Crippen molar-refractivity contribution in [3.05, 3.63) is 35.9 Å². The van der Waals surface area contributed by atoms with Gasteiger partial charge < -0.3 is 10.0 Å². The topological polar surface area (TPSA) is 57.6 Å². The number of benzene rings is 1. The van der Waals surface area contributed by atoms with Crippen LogP contribution in [0.5, 0.6) is 0 Å². The van der Waals surface area contributed by atoms with Gasteiger partial charge in [-0.1, -0.05) is 44.2 Å². The molecule has 110 valence electrons. The highest BCUT2D eigenvalue weighted by Gasteiger charge is 2.15. The normalized spacial score (nSPS) is 10.6. The zero-order valence-electron chi connectivity index (χ0n) is 12.2. The van der Waals surface area contributed by atoms with Gasteiger partial charge in [-0.15, -0.1) is 0 Å². The molecule has 4 heteroatoms. The molecule has 0 unspecified atom stereocenters. The van der Waals surface area contributed by atoms with E-state index in [1.165, 1.54) is 0 Å². The number of carboxylic acid groups (broad SMARTS) is 1. The van der Waals surface area contributed by atoms with E-state index in [1.54, 1.807) is 4.90 Å². The van der Waals surface area contributed by atoms with Gasteiger partial charge >= 0.3 is 5.97 Å². The molecule has 1 rings (SSSR count). The Morgan fingerprint density at radius 3 is 2.35 bits per heavy atom. The Morgan fingerprint density at radius 2 is 1.80 bits per heavy atom. The molecular weight excluding hydrogens is 254 g/mol. The second-order valence-electron chi connectivity index (χ2n) is 5.37. The first-order valence-corrected chi connectivity index (χ1v) is 7.02. The summed E-state index contributed by atoms with van der Waals surface area (Å²) in [5.74, 6) is -0.378. The molecule has 0 saturated heterocycles. The summed E-state index contributed by atoms with van der Waals surface area (Å²) in [4.78, 5) is 24.6. The van der Waals surface area contributed by atoms with Gasteiger partial charge in [0.05, 0.1) is 12.8 Å². The van der Waals surface area contributed by atoms with E-state index in [2.05, 4.69) is 13.8 Å². The van der Waals surface area contributed by atoms with Crippen LogP contribution in [0.3, 0.4) is 0 Å². The highest BCUT2D eigenvalue weighted by atomic mass is 16.4. The summed E-state index contributed by atoms with van der Waals surface area (Å²) in [6.45, 7) is 5.10. The Hall–Kier alpha value is -1.84. The van der Waals surface area contributed by atoms with Crippen LogP contribution in [-0.2, 0) is 16.0 Å². The van der Waals surface area contributed by atoms with Crippen LogP contribution in [0.4, 0.5) is 0 Å². The molecule has 1 N–H and O–H groups in total. The number of hydrogen-bond donors (Lipinski definition) is 1. The molecule has 20 heavy (non-hydrogen) atoms. The Balaban J connectivity index is 2.60. The molecule has 0 heterocycles. The highest BCUT2D eigenvalue weighted by Crippen LogP contribution is 2.07. The molecule has 0 fully saturated rings.